The molecule has 24 heavy (non-hydrogen) atoms. The molecule has 128 valence electrons. The monoisotopic (exact) mass is 349 g/mol. The van der Waals surface area contributed by atoms with Gasteiger partial charge in [0, 0.05) is 18.8 Å². The maximum atomic E-state index is 12.8. The molecule has 1 aliphatic heterocycles. The summed E-state index contributed by atoms with van der Waals surface area (Å²) in [6.07, 6.45) is 4.31. The number of methoxy groups -OCH3 is 1. The highest BCUT2D eigenvalue weighted by Gasteiger charge is 2.31. The quantitative estimate of drug-likeness (QED) is 0.817. The zero-order valence-corrected chi connectivity index (χ0v) is 14.1. The predicted molar refractivity (Wildman–Crippen MR) is 87.4 cm³/mol. The van der Waals surface area contributed by atoms with Crippen molar-refractivity contribution in [3.8, 4) is 11.6 Å². The highest BCUT2D eigenvalue weighted by molar-refractivity contribution is 7.89. The van der Waals surface area contributed by atoms with Crippen molar-refractivity contribution in [1.29, 1.82) is 0 Å². The van der Waals surface area contributed by atoms with Crippen LogP contribution >= 0.6 is 0 Å². The van der Waals surface area contributed by atoms with Gasteiger partial charge in [-0.25, -0.2) is 18.4 Å². The Hall–Kier alpha value is -2.19. The Morgan fingerprint density at radius 1 is 1.21 bits per heavy atom. The second-order valence-corrected chi connectivity index (χ2v) is 7.41. The first-order chi connectivity index (χ1) is 11.6. The van der Waals surface area contributed by atoms with Crippen molar-refractivity contribution in [3.63, 3.8) is 0 Å². The van der Waals surface area contributed by atoms with Gasteiger partial charge in [-0.1, -0.05) is 0 Å². The Morgan fingerprint density at radius 3 is 2.67 bits per heavy atom. The molecular weight excluding hydrogens is 330 g/mol. The van der Waals surface area contributed by atoms with Crippen molar-refractivity contribution in [3.05, 3.63) is 42.9 Å². The van der Waals surface area contributed by atoms with Gasteiger partial charge < -0.3 is 9.47 Å². The summed E-state index contributed by atoms with van der Waals surface area (Å²) < 4.78 is 37.9. The summed E-state index contributed by atoms with van der Waals surface area (Å²) in [6, 6.07) is 8.07. The van der Waals surface area contributed by atoms with Gasteiger partial charge in [0.15, 0.2) is 0 Å². The van der Waals surface area contributed by atoms with Crippen LogP contribution in [0.3, 0.4) is 0 Å². The molecule has 1 unspecified atom stereocenters. The Kier molecular flexibility index (Phi) is 4.96. The van der Waals surface area contributed by atoms with E-state index in [1.165, 1.54) is 10.6 Å². The van der Waals surface area contributed by atoms with Gasteiger partial charge in [-0.15, -0.1) is 0 Å². The lowest BCUT2D eigenvalue weighted by atomic mass is 10.1. The van der Waals surface area contributed by atoms with Crippen molar-refractivity contribution < 1.29 is 17.9 Å². The Balaban J connectivity index is 1.73. The molecule has 1 aliphatic rings. The number of nitrogens with zero attached hydrogens (tertiary/aromatic N) is 3. The predicted octanol–water partition coefficient (Wildman–Crippen LogP) is 1.72. The molecule has 0 N–H and O–H groups in total. The van der Waals surface area contributed by atoms with E-state index in [9.17, 15) is 8.42 Å². The van der Waals surface area contributed by atoms with Crippen LogP contribution in [0.4, 0.5) is 0 Å². The summed E-state index contributed by atoms with van der Waals surface area (Å²) in [5, 5.41) is 0. The van der Waals surface area contributed by atoms with Gasteiger partial charge in [0.2, 0.25) is 15.9 Å². The minimum atomic E-state index is -3.55. The number of aromatic nitrogens is 2. The van der Waals surface area contributed by atoms with Gasteiger partial charge in [0.25, 0.3) is 0 Å². The van der Waals surface area contributed by atoms with Gasteiger partial charge in [0.1, 0.15) is 18.2 Å². The van der Waals surface area contributed by atoms with E-state index in [0.29, 0.717) is 24.7 Å². The Morgan fingerprint density at radius 2 is 2.00 bits per heavy atom. The molecule has 1 aromatic carbocycles. The maximum Gasteiger partial charge on any atom is 0.243 e. The second kappa shape index (κ2) is 7.14. The summed E-state index contributed by atoms with van der Waals surface area (Å²) in [5.74, 6) is 1.08. The van der Waals surface area contributed by atoms with Gasteiger partial charge in [-0.2, -0.15) is 4.31 Å². The van der Waals surface area contributed by atoms with Crippen LogP contribution in [0.15, 0.2) is 47.8 Å². The van der Waals surface area contributed by atoms with E-state index in [1.807, 2.05) is 0 Å². The molecule has 1 aromatic heterocycles. The first-order valence-electron chi connectivity index (χ1n) is 7.66. The third-order valence-corrected chi connectivity index (χ3v) is 5.76. The summed E-state index contributed by atoms with van der Waals surface area (Å²) in [7, 11) is -2.00. The Bertz CT molecular complexity index is 766. The molecule has 0 spiro atoms. The molecule has 0 aliphatic carbocycles. The summed E-state index contributed by atoms with van der Waals surface area (Å²) >= 11 is 0. The molecule has 0 radical (unpaired) electrons. The second-order valence-electron chi connectivity index (χ2n) is 5.47. The lowest BCUT2D eigenvalue weighted by Gasteiger charge is -2.31. The molecule has 8 heteroatoms. The lowest BCUT2D eigenvalue weighted by Crippen LogP contribution is -2.44. The highest BCUT2D eigenvalue weighted by atomic mass is 32.2. The zero-order valence-electron chi connectivity index (χ0n) is 13.3. The van der Waals surface area contributed by atoms with Crippen molar-refractivity contribution >= 4 is 10.0 Å². The lowest BCUT2D eigenvalue weighted by molar-refractivity contribution is 0.124. The molecule has 7 nitrogen and oxygen atoms in total. The van der Waals surface area contributed by atoms with Crippen LogP contribution in [0.2, 0.25) is 0 Å². The average molecular weight is 349 g/mol. The molecule has 0 amide bonds. The molecule has 0 saturated carbocycles. The van der Waals surface area contributed by atoms with Crippen LogP contribution in [0.5, 0.6) is 11.6 Å². The minimum absolute atomic E-state index is 0.221. The third kappa shape index (κ3) is 3.65. The molecule has 2 aromatic rings. The standard InChI is InChI=1S/C16H19N3O4S/c1-22-13-4-6-15(7-5-13)24(20,21)19-10-2-3-14(11-19)23-16-8-9-17-12-18-16/h4-9,12,14H,2-3,10-11H2,1H3. The fourth-order valence-electron chi connectivity index (χ4n) is 2.64. The molecule has 3 rings (SSSR count). The maximum absolute atomic E-state index is 12.8. The van der Waals surface area contributed by atoms with Gasteiger partial charge in [-0.3, -0.25) is 0 Å². The van der Waals surface area contributed by atoms with Crippen LogP contribution in [0.25, 0.3) is 0 Å². The van der Waals surface area contributed by atoms with E-state index >= 15 is 0 Å². The Labute approximate surface area is 141 Å². The number of benzene rings is 1. The molecule has 0 bridgehead atoms. The zero-order chi connectivity index (χ0) is 17.0. The molecule has 1 atom stereocenters. The van der Waals surface area contributed by atoms with Crippen LogP contribution in [0.1, 0.15) is 12.8 Å². The minimum Gasteiger partial charge on any atom is -0.497 e. The number of sulfonamides is 1. The fraction of sp³-hybridized carbons (Fsp3) is 0.375. The van der Waals surface area contributed by atoms with Gasteiger partial charge in [-0.05, 0) is 37.1 Å². The van der Waals surface area contributed by atoms with E-state index in [4.69, 9.17) is 9.47 Å². The number of rotatable bonds is 5. The van der Waals surface area contributed by atoms with Crippen LogP contribution in [0, 0.1) is 0 Å². The van der Waals surface area contributed by atoms with E-state index in [0.717, 1.165) is 12.8 Å². The van der Waals surface area contributed by atoms with E-state index in [2.05, 4.69) is 9.97 Å². The average Bonchev–Trinajstić information content (AvgIpc) is 2.63. The molecule has 1 saturated heterocycles. The first-order valence-corrected chi connectivity index (χ1v) is 9.10. The number of ether oxygens (including phenoxy) is 2. The van der Waals surface area contributed by atoms with Gasteiger partial charge >= 0.3 is 0 Å². The van der Waals surface area contributed by atoms with E-state index < -0.39 is 10.0 Å². The topological polar surface area (TPSA) is 81.6 Å². The van der Waals surface area contributed by atoms with Crippen LogP contribution in [-0.2, 0) is 10.0 Å². The summed E-state index contributed by atoms with van der Waals surface area (Å²) in [6.45, 7) is 0.788. The van der Waals surface area contributed by atoms with Crippen LogP contribution < -0.4 is 9.47 Å². The molecular formula is C16H19N3O4S. The van der Waals surface area contributed by atoms with Gasteiger partial charge in [0.05, 0.1) is 18.6 Å². The SMILES string of the molecule is COc1ccc(S(=O)(=O)N2CCCC(Oc3ccncn3)C2)cc1. The normalized spacial score (nSPS) is 19.0. The van der Waals surface area contributed by atoms with Crippen molar-refractivity contribution in [2.24, 2.45) is 0 Å². The first kappa shape index (κ1) is 16.7. The largest absolute Gasteiger partial charge is 0.497 e. The van der Waals surface area contributed by atoms with E-state index in [1.54, 1.807) is 43.6 Å². The summed E-state index contributed by atoms with van der Waals surface area (Å²) in [4.78, 5) is 8.12. The van der Waals surface area contributed by atoms with Crippen LogP contribution in [-0.4, -0.2) is 49.0 Å². The number of piperidine rings is 1. The smallest absolute Gasteiger partial charge is 0.243 e. The van der Waals surface area contributed by atoms with Crippen molar-refractivity contribution in [1.82, 2.24) is 14.3 Å². The highest BCUT2D eigenvalue weighted by Crippen LogP contribution is 2.24. The third-order valence-electron chi connectivity index (χ3n) is 3.88. The fourth-order valence-corrected chi connectivity index (χ4v) is 4.15. The summed E-state index contributed by atoms with van der Waals surface area (Å²) in [5.41, 5.74) is 0. The molecule has 2 heterocycles. The van der Waals surface area contributed by atoms with Crippen molar-refractivity contribution in [2.45, 2.75) is 23.8 Å². The number of hydrogen-bond donors (Lipinski definition) is 0. The number of hydrogen-bond acceptors (Lipinski definition) is 6. The molecule has 1 fully saturated rings. The van der Waals surface area contributed by atoms with Crippen molar-refractivity contribution in [2.75, 3.05) is 20.2 Å². The van der Waals surface area contributed by atoms with E-state index in [-0.39, 0.29) is 11.0 Å².